The van der Waals surface area contributed by atoms with Crippen molar-refractivity contribution in [3.63, 3.8) is 0 Å². The zero-order chi connectivity index (χ0) is 11.5. The summed E-state index contributed by atoms with van der Waals surface area (Å²) in [4.78, 5) is 4.33. The molecule has 1 N–H and O–H groups in total. The zero-order valence-electron chi connectivity index (χ0n) is 10.0. The van der Waals surface area contributed by atoms with Crippen molar-refractivity contribution in [2.45, 2.75) is 38.2 Å². The Balaban J connectivity index is 1.35. The summed E-state index contributed by atoms with van der Waals surface area (Å²) in [7, 11) is 0. The zero-order valence-corrected chi connectivity index (χ0v) is 10.0. The first-order chi connectivity index (χ1) is 8.42. The van der Waals surface area contributed by atoms with E-state index in [2.05, 4.69) is 15.5 Å². The van der Waals surface area contributed by atoms with Gasteiger partial charge in [-0.3, -0.25) is 0 Å². The Morgan fingerprint density at radius 3 is 3.06 bits per heavy atom. The highest BCUT2D eigenvalue weighted by atomic mass is 16.5. The largest absolute Gasteiger partial charge is 0.372 e. The van der Waals surface area contributed by atoms with Crippen LogP contribution in [0.4, 0.5) is 0 Å². The molecule has 17 heavy (non-hydrogen) atoms. The first kappa shape index (κ1) is 11.2. The lowest BCUT2D eigenvalue weighted by atomic mass is 10.1. The molecule has 2 aliphatic rings. The van der Waals surface area contributed by atoms with E-state index in [-0.39, 0.29) is 0 Å². The Hall–Kier alpha value is -0.940. The lowest BCUT2D eigenvalue weighted by molar-refractivity contribution is 0.0880. The fraction of sp³-hybridized carbons (Fsp3) is 0.833. The van der Waals surface area contributed by atoms with Gasteiger partial charge in [0.2, 0.25) is 0 Å². The van der Waals surface area contributed by atoms with Crippen LogP contribution in [0.25, 0.3) is 0 Å². The van der Waals surface area contributed by atoms with Crippen LogP contribution in [-0.2, 0) is 11.3 Å². The van der Waals surface area contributed by atoms with Crippen LogP contribution in [0.2, 0.25) is 0 Å². The number of hydrogen-bond acceptors (Lipinski definition) is 5. The predicted octanol–water partition coefficient (Wildman–Crippen LogP) is 1.46. The molecule has 1 aliphatic heterocycles. The van der Waals surface area contributed by atoms with Crippen LogP contribution in [0.1, 0.15) is 43.3 Å². The summed E-state index contributed by atoms with van der Waals surface area (Å²) < 4.78 is 10.7. The molecule has 0 amide bonds. The maximum atomic E-state index is 5.57. The van der Waals surface area contributed by atoms with Crippen molar-refractivity contribution in [3.05, 3.63) is 11.7 Å². The van der Waals surface area contributed by atoms with Crippen LogP contribution in [0.3, 0.4) is 0 Å². The Kier molecular flexibility index (Phi) is 3.38. The van der Waals surface area contributed by atoms with E-state index in [1.54, 1.807) is 0 Å². The minimum Gasteiger partial charge on any atom is -0.372 e. The van der Waals surface area contributed by atoms with Crippen molar-refractivity contribution in [1.29, 1.82) is 0 Å². The second kappa shape index (κ2) is 5.14. The summed E-state index contributed by atoms with van der Waals surface area (Å²) in [6.45, 7) is 3.53. The van der Waals surface area contributed by atoms with Gasteiger partial charge in [0.1, 0.15) is 6.61 Å². The Labute approximate surface area is 101 Å². The summed E-state index contributed by atoms with van der Waals surface area (Å²) in [5.41, 5.74) is 0. The normalized spacial score (nSPS) is 24.4. The molecule has 5 heteroatoms. The fourth-order valence-corrected chi connectivity index (χ4v) is 2.20. The van der Waals surface area contributed by atoms with E-state index in [0.717, 1.165) is 37.9 Å². The number of aromatic nitrogens is 2. The van der Waals surface area contributed by atoms with E-state index in [0.29, 0.717) is 18.4 Å². The molecule has 1 aromatic heterocycles. The maximum absolute atomic E-state index is 5.57. The third kappa shape index (κ3) is 3.04. The van der Waals surface area contributed by atoms with E-state index < -0.39 is 0 Å². The van der Waals surface area contributed by atoms with Crippen LogP contribution in [-0.4, -0.2) is 29.8 Å². The Morgan fingerprint density at radius 2 is 2.29 bits per heavy atom. The molecule has 0 radical (unpaired) electrons. The van der Waals surface area contributed by atoms with Crippen LogP contribution in [0.15, 0.2) is 4.52 Å². The number of rotatable bonds is 6. The highest BCUT2D eigenvalue weighted by molar-refractivity contribution is 5.02. The molecule has 5 nitrogen and oxygen atoms in total. The second-order valence-corrected chi connectivity index (χ2v) is 5.02. The summed E-state index contributed by atoms with van der Waals surface area (Å²) in [6, 6.07) is 0. The lowest BCUT2D eigenvalue weighted by Crippen LogP contribution is -2.10. The standard InChI is InChI=1S/C12H19N3O2/c1-2-10(1)12-14-11(17-15-12)8-16-6-4-9-3-5-13-7-9/h9-10,13H,1-8H2. The average molecular weight is 237 g/mol. The van der Waals surface area contributed by atoms with Crippen LogP contribution < -0.4 is 5.32 Å². The van der Waals surface area contributed by atoms with Crippen molar-refractivity contribution in [2.75, 3.05) is 19.7 Å². The van der Waals surface area contributed by atoms with Gasteiger partial charge < -0.3 is 14.6 Å². The van der Waals surface area contributed by atoms with Crippen molar-refractivity contribution in [1.82, 2.24) is 15.5 Å². The molecule has 2 fully saturated rings. The Morgan fingerprint density at radius 1 is 1.35 bits per heavy atom. The van der Waals surface area contributed by atoms with Crippen molar-refractivity contribution < 1.29 is 9.26 Å². The molecule has 0 spiro atoms. The van der Waals surface area contributed by atoms with Gasteiger partial charge in [-0.2, -0.15) is 4.98 Å². The Bertz CT molecular complexity index is 356. The number of ether oxygens (including phenoxy) is 1. The van der Waals surface area contributed by atoms with Gasteiger partial charge in [-0.05, 0) is 44.7 Å². The second-order valence-electron chi connectivity index (χ2n) is 5.02. The molecule has 0 bridgehead atoms. The molecule has 94 valence electrons. The fourth-order valence-electron chi connectivity index (χ4n) is 2.20. The number of hydrogen-bond donors (Lipinski definition) is 1. The van der Waals surface area contributed by atoms with Crippen LogP contribution in [0, 0.1) is 5.92 Å². The van der Waals surface area contributed by atoms with Gasteiger partial charge in [0.15, 0.2) is 5.82 Å². The van der Waals surface area contributed by atoms with Gasteiger partial charge in [-0.1, -0.05) is 5.16 Å². The van der Waals surface area contributed by atoms with Gasteiger partial charge in [0, 0.05) is 12.5 Å². The van der Waals surface area contributed by atoms with E-state index in [1.165, 1.54) is 19.3 Å². The van der Waals surface area contributed by atoms with Crippen molar-refractivity contribution in [2.24, 2.45) is 5.92 Å². The molecule has 2 heterocycles. The maximum Gasteiger partial charge on any atom is 0.252 e. The third-order valence-electron chi connectivity index (χ3n) is 3.48. The lowest BCUT2D eigenvalue weighted by Gasteiger charge is -2.06. The minimum atomic E-state index is 0.458. The monoisotopic (exact) mass is 237 g/mol. The highest BCUT2D eigenvalue weighted by Gasteiger charge is 2.28. The number of nitrogens with zero attached hydrogens (tertiary/aromatic N) is 2. The summed E-state index contributed by atoms with van der Waals surface area (Å²) in [5.74, 6) is 2.82. The SMILES string of the molecule is C1CC(CCOCc2nc(C3CC3)no2)CN1. The first-order valence-corrected chi connectivity index (χ1v) is 6.53. The third-order valence-corrected chi connectivity index (χ3v) is 3.48. The van der Waals surface area contributed by atoms with E-state index in [1.807, 2.05) is 0 Å². The molecule has 3 rings (SSSR count). The summed E-state index contributed by atoms with van der Waals surface area (Å²) >= 11 is 0. The van der Waals surface area contributed by atoms with Crippen LogP contribution in [0.5, 0.6) is 0 Å². The minimum absolute atomic E-state index is 0.458. The first-order valence-electron chi connectivity index (χ1n) is 6.53. The molecular formula is C12H19N3O2. The smallest absolute Gasteiger partial charge is 0.252 e. The van der Waals surface area contributed by atoms with Gasteiger partial charge >= 0.3 is 0 Å². The molecule has 1 saturated carbocycles. The molecule has 1 aliphatic carbocycles. The van der Waals surface area contributed by atoms with Crippen LogP contribution >= 0.6 is 0 Å². The molecule has 0 aromatic carbocycles. The topological polar surface area (TPSA) is 60.2 Å². The highest BCUT2D eigenvalue weighted by Crippen LogP contribution is 2.38. The predicted molar refractivity (Wildman–Crippen MR) is 61.5 cm³/mol. The molecule has 1 atom stereocenters. The van der Waals surface area contributed by atoms with Crippen molar-refractivity contribution in [3.8, 4) is 0 Å². The van der Waals surface area contributed by atoms with E-state index >= 15 is 0 Å². The van der Waals surface area contributed by atoms with Crippen molar-refractivity contribution >= 4 is 0 Å². The van der Waals surface area contributed by atoms with Gasteiger partial charge in [-0.15, -0.1) is 0 Å². The quantitative estimate of drug-likeness (QED) is 0.759. The van der Waals surface area contributed by atoms with Gasteiger partial charge in [-0.25, -0.2) is 0 Å². The summed E-state index contributed by atoms with van der Waals surface area (Å²) in [6.07, 6.45) is 4.80. The summed E-state index contributed by atoms with van der Waals surface area (Å²) in [5, 5.41) is 7.32. The van der Waals surface area contributed by atoms with E-state index in [9.17, 15) is 0 Å². The van der Waals surface area contributed by atoms with E-state index in [4.69, 9.17) is 9.26 Å². The molecule has 1 unspecified atom stereocenters. The average Bonchev–Trinajstić information content (AvgIpc) is 2.89. The van der Waals surface area contributed by atoms with Gasteiger partial charge in [0.25, 0.3) is 5.89 Å². The molecule has 1 saturated heterocycles. The van der Waals surface area contributed by atoms with Gasteiger partial charge in [0.05, 0.1) is 0 Å². The molecular weight excluding hydrogens is 218 g/mol. The number of nitrogens with one attached hydrogen (secondary N) is 1. The molecule has 1 aromatic rings.